The molecule has 1 amide bonds. The van der Waals surface area contributed by atoms with Gasteiger partial charge in [-0.25, -0.2) is 19.9 Å². The van der Waals surface area contributed by atoms with Crippen LogP contribution in [0.15, 0.2) is 30.5 Å². The van der Waals surface area contributed by atoms with Crippen molar-refractivity contribution in [2.24, 2.45) is 0 Å². The lowest BCUT2D eigenvalue weighted by atomic mass is 10.1. The van der Waals surface area contributed by atoms with Crippen LogP contribution in [0.5, 0.6) is 0 Å². The maximum atomic E-state index is 10.7. The highest BCUT2D eigenvalue weighted by molar-refractivity contribution is 5.75. The highest BCUT2D eigenvalue weighted by Gasteiger charge is 2.10. The highest BCUT2D eigenvalue weighted by atomic mass is 16.4. The summed E-state index contributed by atoms with van der Waals surface area (Å²) in [5, 5.41) is 8.77. The number of benzene rings is 1. The molecule has 0 bridgehead atoms. The molecule has 0 fully saturated rings. The quantitative estimate of drug-likeness (QED) is 0.833. The number of nitrogens with zero attached hydrogens (tertiary/aromatic N) is 2. The van der Waals surface area contributed by atoms with Crippen LogP contribution in [0.4, 0.5) is 4.79 Å². The van der Waals surface area contributed by atoms with Crippen molar-refractivity contribution in [3.63, 3.8) is 0 Å². The Morgan fingerprint density at radius 1 is 1.29 bits per heavy atom. The molecule has 1 heterocycles. The second-order valence-corrected chi connectivity index (χ2v) is 3.81. The predicted molar refractivity (Wildman–Crippen MR) is 64.5 cm³/mol. The van der Waals surface area contributed by atoms with Crippen LogP contribution in [0.25, 0.3) is 11.3 Å². The van der Waals surface area contributed by atoms with Crippen molar-refractivity contribution < 1.29 is 9.90 Å². The van der Waals surface area contributed by atoms with Gasteiger partial charge in [0.25, 0.3) is 0 Å². The number of hydrogen-bond acceptors (Lipinski definition) is 2. The lowest BCUT2D eigenvalue weighted by molar-refractivity contribution is 0.206. The van der Waals surface area contributed by atoms with Gasteiger partial charge in [0.1, 0.15) is 5.82 Å². The molecule has 17 heavy (non-hydrogen) atoms. The normalized spacial score (nSPS) is 10.2. The van der Waals surface area contributed by atoms with Gasteiger partial charge in [0.15, 0.2) is 0 Å². The monoisotopic (exact) mass is 231 g/mol. The summed E-state index contributed by atoms with van der Waals surface area (Å²) < 4.78 is 1.45. The molecular formula is C12H13N3O2. The zero-order chi connectivity index (χ0) is 12.4. The smallest absolute Gasteiger partial charge is 0.424 e. The van der Waals surface area contributed by atoms with Crippen molar-refractivity contribution in [3.05, 3.63) is 41.9 Å². The van der Waals surface area contributed by atoms with Crippen LogP contribution in [0, 0.1) is 13.8 Å². The fourth-order valence-corrected chi connectivity index (χ4v) is 1.61. The van der Waals surface area contributed by atoms with E-state index in [2.05, 4.69) is 10.4 Å². The Labute approximate surface area is 98.7 Å². The minimum atomic E-state index is -1.11. The largest absolute Gasteiger partial charge is 0.464 e. The molecule has 0 unspecified atom stereocenters. The summed E-state index contributed by atoms with van der Waals surface area (Å²) >= 11 is 0. The van der Waals surface area contributed by atoms with Gasteiger partial charge in [-0.2, -0.15) is 0 Å². The van der Waals surface area contributed by atoms with E-state index >= 15 is 0 Å². The Kier molecular flexibility index (Phi) is 2.82. The first-order valence-corrected chi connectivity index (χ1v) is 5.19. The Morgan fingerprint density at radius 3 is 2.53 bits per heavy atom. The van der Waals surface area contributed by atoms with Crippen LogP contribution in [0.3, 0.4) is 0 Å². The third-order valence-electron chi connectivity index (χ3n) is 2.49. The Hall–Kier alpha value is -2.30. The molecule has 5 nitrogen and oxygen atoms in total. The van der Waals surface area contributed by atoms with Gasteiger partial charge in [-0.1, -0.05) is 29.8 Å². The number of rotatable bonds is 2. The molecule has 88 valence electrons. The first-order chi connectivity index (χ1) is 8.08. The molecule has 0 aliphatic carbocycles. The van der Waals surface area contributed by atoms with E-state index in [1.165, 1.54) is 4.68 Å². The van der Waals surface area contributed by atoms with E-state index in [-0.39, 0.29) is 0 Å². The molecule has 2 aromatic rings. The third kappa shape index (κ3) is 2.28. The number of nitrogens with one attached hydrogen (secondary N) is 1. The molecule has 0 radical (unpaired) electrons. The summed E-state index contributed by atoms with van der Waals surface area (Å²) in [6, 6.07) is 7.82. The van der Waals surface area contributed by atoms with Gasteiger partial charge in [0.2, 0.25) is 0 Å². The molecule has 2 rings (SSSR count). The van der Waals surface area contributed by atoms with Crippen LogP contribution in [0.2, 0.25) is 0 Å². The Morgan fingerprint density at radius 2 is 1.94 bits per heavy atom. The van der Waals surface area contributed by atoms with E-state index < -0.39 is 6.09 Å². The standard InChI is InChI=1S/C12H13N3O2/c1-8-3-5-10(6-4-8)11-7-13-9(2)15(11)14-12(16)17/h3-7,14H,1-2H3,(H,16,17). The van der Waals surface area contributed by atoms with Crippen molar-refractivity contribution in [1.29, 1.82) is 0 Å². The summed E-state index contributed by atoms with van der Waals surface area (Å²) in [5.74, 6) is 0.600. The molecule has 0 saturated carbocycles. The van der Waals surface area contributed by atoms with Crippen molar-refractivity contribution in [2.75, 3.05) is 5.43 Å². The van der Waals surface area contributed by atoms with Crippen molar-refractivity contribution in [2.45, 2.75) is 13.8 Å². The maximum Gasteiger partial charge on any atom is 0.424 e. The zero-order valence-electron chi connectivity index (χ0n) is 9.64. The number of aryl methyl sites for hydroxylation is 2. The second kappa shape index (κ2) is 4.29. The van der Waals surface area contributed by atoms with Crippen LogP contribution in [-0.2, 0) is 0 Å². The van der Waals surface area contributed by atoms with Gasteiger partial charge in [0.05, 0.1) is 11.9 Å². The lowest BCUT2D eigenvalue weighted by Crippen LogP contribution is -2.22. The topological polar surface area (TPSA) is 67.2 Å². The lowest BCUT2D eigenvalue weighted by Gasteiger charge is -2.09. The number of amides is 1. The molecular weight excluding hydrogens is 218 g/mol. The van der Waals surface area contributed by atoms with Gasteiger partial charge < -0.3 is 5.11 Å². The maximum absolute atomic E-state index is 10.7. The fourth-order valence-electron chi connectivity index (χ4n) is 1.61. The van der Waals surface area contributed by atoms with Crippen molar-refractivity contribution in [1.82, 2.24) is 9.66 Å². The molecule has 0 atom stereocenters. The third-order valence-corrected chi connectivity index (χ3v) is 2.49. The van der Waals surface area contributed by atoms with Crippen LogP contribution < -0.4 is 5.43 Å². The molecule has 5 heteroatoms. The molecule has 2 N–H and O–H groups in total. The molecule has 0 aliphatic rings. The molecule has 1 aromatic carbocycles. The summed E-state index contributed by atoms with van der Waals surface area (Å²) in [6.45, 7) is 3.75. The predicted octanol–water partition coefficient (Wildman–Crippen LogP) is 2.39. The average Bonchev–Trinajstić information content (AvgIpc) is 2.61. The van der Waals surface area contributed by atoms with Gasteiger partial charge in [0, 0.05) is 5.56 Å². The van der Waals surface area contributed by atoms with E-state index in [1.54, 1.807) is 13.1 Å². The molecule has 0 saturated heterocycles. The second-order valence-electron chi connectivity index (χ2n) is 3.81. The van der Waals surface area contributed by atoms with Gasteiger partial charge in [-0.15, -0.1) is 0 Å². The number of carbonyl (C=O) groups is 1. The minimum Gasteiger partial charge on any atom is -0.464 e. The fraction of sp³-hybridized carbons (Fsp3) is 0.167. The first-order valence-electron chi connectivity index (χ1n) is 5.19. The number of aromatic nitrogens is 2. The van der Waals surface area contributed by atoms with E-state index in [9.17, 15) is 4.79 Å². The van der Waals surface area contributed by atoms with Gasteiger partial charge >= 0.3 is 6.09 Å². The van der Waals surface area contributed by atoms with Gasteiger partial charge in [-0.3, -0.25) is 0 Å². The summed E-state index contributed by atoms with van der Waals surface area (Å²) in [7, 11) is 0. The molecule has 1 aromatic heterocycles. The summed E-state index contributed by atoms with van der Waals surface area (Å²) in [6.07, 6.45) is 0.537. The first kappa shape index (κ1) is 11.2. The Bertz CT molecular complexity index is 543. The number of imidazole rings is 1. The van der Waals surface area contributed by atoms with E-state index in [0.29, 0.717) is 5.82 Å². The number of carboxylic acid groups (broad SMARTS) is 1. The summed E-state index contributed by atoms with van der Waals surface area (Å²) in [5.41, 5.74) is 5.11. The summed E-state index contributed by atoms with van der Waals surface area (Å²) in [4.78, 5) is 14.8. The van der Waals surface area contributed by atoms with Crippen molar-refractivity contribution >= 4 is 6.09 Å². The molecule has 0 aliphatic heterocycles. The number of hydrogen-bond donors (Lipinski definition) is 2. The SMILES string of the molecule is Cc1ccc(-c2cnc(C)n2NC(=O)O)cc1. The zero-order valence-corrected chi connectivity index (χ0v) is 9.64. The average molecular weight is 231 g/mol. The van der Waals surface area contributed by atoms with E-state index in [4.69, 9.17) is 5.11 Å². The Balaban J connectivity index is 2.45. The molecule has 0 spiro atoms. The van der Waals surface area contributed by atoms with E-state index in [1.807, 2.05) is 31.2 Å². The van der Waals surface area contributed by atoms with Crippen LogP contribution in [-0.4, -0.2) is 20.9 Å². The van der Waals surface area contributed by atoms with Crippen LogP contribution >= 0.6 is 0 Å². The van der Waals surface area contributed by atoms with Crippen molar-refractivity contribution in [3.8, 4) is 11.3 Å². The van der Waals surface area contributed by atoms with Gasteiger partial charge in [-0.05, 0) is 13.8 Å². The van der Waals surface area contributed by atoms with Crippen LogP contribution in [0.1, 0.15) is 11.4 Å². The highest BCUT2D eigenvalue weighted by Crippen LogP contribution is 2.20. The minimum absolute atomic E-state index is 0.600. The van der Waals surface area contributed by atoms with E-state index in [0.717, 1.165) is 16.8 Å².